The Morgan fingerprint density at radius 3 is 2.65 bits per heavy atom. The largest absolute Gasteiger partial charge is 0.454 e. The number of Topliss-reactive ketones (excluding diaryl/α,β-unsaturated/α-hetero) is 1. The molecule has 8 nitrogen and oxygen atoms in total. The zero-order valence-electron chi connectivity index (χ0n) is 23.9. The third kappa shape index (κ3) is 7.91. The first kappa shape index (κ1) is 30.1. The highest BCUT2D eigenvalue weighted by atomic mass is 19.1. The molecular weight excluding hydrogens is 554 g/mol. The first-order chi connectivity index (χ1) is 20.7. The highest BCUT2D eigenvalue weighted by molar-refractivity contribution is 5.98. The van der Waals surface area contributed by atoms with E-state index in [2.05, 4.69) is 20.2 Å². The summed E-state index contributed by atoms with van der Waals surface area (Å²) in [6.45, 7) is 4.96. The molecule has 10 heteroatoms. The van der Waals surface area contributed by atoms with Crippen molar-refractivity contribution in [1.82, 2.24) is 20.2 Å². The van der Waals surface area contributed by atoms with Gasteiger partial charge >= 0.3 is 0 Å². The van der Waals surface area contributed by atoms with Crippen LogP contribution in [0.5, 0.6) is 11.5 Å². The van der Waals surface area contributed by atoms with E-state index in [0.717, 1.165) is 50.5 Å². The molecule has 0 spiro atoms. The van der Waals surface area contributed by atoms with Crippen molar-refractivity contribution >= 4 is 11.7 Å². The number of H-pyrrole nitrogens is 1. The number of aliphatic hydroxyl groups excluding tert-OH is 1. The molecular formula is C33H34F2N4O4. The number of ether oxygens (including phenoxy) is 1. The van der Waals surface area contributed by atoms with Gasteiger partial charge in [0.25, 0.3) is 5.91 Å². The van der Waals surface area contributed by atoms with E-state index in [4.69, 9.17) is 4.74 Å². The van der Waals surface area contributed by atoms with Crippen LogP contribution in [-0.4, -0.2) is 63.9 Å². The molecule has 2 aromatic heterocycles. The van der Waals surface area contributed by atoms with Gasteiger partial charge in [0.1, 0.15) is 11.6 Å². The van der Waals surface area contributed by atoms with E-state index in [-0.39, 0.29) is 46.8 Å². The average Bonchev–Trinajstić information content (AvgIpc) is 3.50. The Bertz CT molecular complexity index is 1600. The molecule has 5 rings (SSSR count). The molecule has 0 aliphatic carbocycles. The number of halogens is 2. The van der Waals surface area contributed by atoms with Crippen molar-refractivity contribution < 1.29 is 28.2 Å². The van der Waals surface area contributed by atoms with Crippen molar-refractivity contribution in [3.05, 3.63) is 101 Å². The maximum absolute atomic E-state index is 14.7. The quantitative estimate of drug-likeness (QED) is 0.159. The van der Waals surface area contributed by atoms with Crippen molar-refractivity contribution in [2.24, 2.45) is 0 Å². The lowest BCUT2D eigenvalue weighted by atomic mass is 10.0. The molecule has 1 amide bonds. The zero-order chi connectivity index (χ0) is 30.3. The van der Waals surface area contributed by atoms with Crippen LogP contribution in [0.3, 0.4) is 0 Å². The lowest BCUT2D eigenvalue weighted by Crippen LogP contribution is -2.37. The predicted octanol–water partition coefficient (Wildman–Crippen LogP) is 5.46. The van der Waals surface area contributed by atoms with E-state index in [1.807, 2.05) is 6.92 Å². The number of aromatic amines is 1. The van der Waals surface area contributed by atoms with Crippen molar-refractivity contribution in [2.75, 3.05) is 26.2 Å². The summed E-state index contributed by atoms with van der Waals surface area (Å²) in [6, 6.07) is 13.2. The van der Waals surface area contributed by atoms with Gasteiger partial charge in [0, 0.05) is 50.1 Å². The van der Waals surface area contributed by atoms with Gasteiger partial charge in [-0.05, 0) is 74.7 Å². The number of benzene rings is 2. The summed E-state index contributed by atoms with van der Waals surface area (Å²) in [7, 11) is 0. The molecule has 1 aliphatic heterocycles. The summed E-state index contributed by atoms with van der Waals surface area (Å²) in [6.07, 6.45) is 5.12. The molecule has 3 heterocycles. The van der Waals surface area contributed by atoms with Gasteiger partial charge in [0.05, 0.1) is 23.1 Å². The Hall–Kier alpha value is -4.41. The number of nitrogens with one attached hydrogen (secondary N) is 2. The predicted molar refractivity (Wildman–Crippen MR) is 158 cm³/mol. The number of aliphatic hydroxyl groups is 1. The number of hydrogen-bond acceptors (Lipinski definition) is 6. The zero-order valence-corrected chi connectivity index (χ0v) is 23.9. The van der Waals surface area contributed by atoms with Gasteiger partial charge in [-0.3, -0.25) is 14.6 Å². The van der Waals surface area contributed by atoms with Crippen LogP contribution in [0.1, 0.15) is 51.1 Å². The molecule has 224 valence electrons. The lowest BCUT2D eigenvalue weighted by molar-refractivity contribution is 0.0816. The van der Waals surface area contributed by atoms with Gasteiger partial charge in [0.15, 0.2) is 17.3 Å². The van der Waals surface area contributed by atoms with Gasteiger partial charge in [-0.15, -0.1) is 0 Å². The number of carbonyl (C=O) groups is 2. The third-order valence-electron chi connectivity index (χ3n) is 7.48. The van der Waals surface area contributed by atoms with E-state index < -0.39 is 11.6 Å². The van der Waals surface area contributed by atoms with Crippen LogP contribution in [0.25, 0.3) is 11.4 Å². The molecule has 2 aromatic carbocycles. The maximum atomic E-state index is 14.7. The second-order valence-electron chi connectivity index (χ2n) is 10.8. The molecule has 0 bridgehead atoms. The molecule has 0 radical (unpaired) electrons. The highest BCUT2D eigenvalue weighted by Crippen LogP contribution is 2.29. The fourth-order valence-corrected chi connectivity index (χ4v) is 5.04. The number of nitrogens with zero attached hydrogens (tertiary/aromatic N) is 2. The topological polar surface area (TPSA) is 108 Å². The standard InChI is InChI=1S/C33H34F2N4O4/c1-21-3-5-27(34)23(15-21)17-31(41)22-4-6-28(35)32(18-22)43-26-7-11-36-30(19-26)29-16-24(20-38-29)33(42)37-10-2-12-39-13-8-25(40)9-14-39/h3-7,11,15-16,18-20,25,38,40H,2,8-10,12-14,17H2,1H3,(H,37,42). The van der Waals surface area contributed by atoms with Crippen LogP contribution in [0.15, 0.2) is 67.0 Å². The smallest absolute Gasteiger partial charge is 0.252 e. The lowest BCUT2D eigenvalue weighted by Gasteiger charge is -2.29. The second kappa shape index (κ2) is 13.7. The fourth-order valence-electron chi connectivity index (χ4n) is 5.04. The van der Waals surface area contributed by atoms with Gasteiger partial charge in [-0.2, -0.15) is 0 Å². The number of aromatic nitrogens is 2. The number of pyridine rings is 1. The number of aryl methyl sites for hydroxylation is 1. The summed E-state index contributed by atoms with van der Waals surface area (Å²) in [5.74, 6) is -1.58. The Morgan fingerprint density at radius 2 is 1.84 bits per heavy atom. The molecule has 1 saturated heterocycles. The fraction of sp³-hybridized carbons (Fsp3) is 0.303. The molecule has 0 unspecified atom stereocenters. The number of rotatable bonds is 11. The summed E-state index contributed by atoms with van der Waals surface area (Å²) in [5.41, 5.74) is 2.81. The third-order valence-corrected chi connectivity index (χ3v) is 7.48. The minimum absolute atomic E-state index is 0.153. The molecule has 43 heavy (non-hydrogen) atoms. The number of likely N-dealkylation sites (tertiary alicyclic amines) is 1. The highest BCUT2D eigenvalue weighted by Gasteiger charge is 2.18. The first-order valence-electron chi connectivity index (χ1n) is 14.3. The van der Waals surface area contributed by atoms with E-state index in [0.29, 0.717) is 23.5 Å². The molecule has 1 fully saturated rings. The van der Waals surface area contributed by atoms with Crippen molar-refractivity contribution in [3.63, 3.8) is 0 Å². The Kier molecular flexibility index (Phi) is 9.58. The number of hydrogen-bond donors (Lipinski definition) is 3. The second-order valence-corrected chi connectivity index (χ2v) is 10.8. The average molecular weight is 589 g/mol. The first-order valence-corrected chi connectivity index (χ1v) is 14.3. The van der Waals surface area contributed by atoms with Crippen LogP contribution >= 0.6 is 0 Å². The number of carbonyl (C=O) groups excluding carboxylic acids is 2. The summed E-state index contributed by atoms with van der Waals surface area (Å²) >= 11 is 0. The molecule has 0 atom stereocenters. The van der Waals surface area contributed by atoms with E-state index in [1.54, 1.807) is 36.5 Å². The monoisotopic (exact) mass is 588 g/mol. The van der Waals surface area contributed by atoms with Gasteiger partial charge in [-0.25, -0.2) is 8.78 Å². The number of ketones is 1. The van der Waals surface area contributed by atoms with Crippen molar-refractivity contribution in [3.8, 4) is 22.9 Å². The minimum Gasteiger partial charge on any atom is -0.454 e. The molecule has 0 saturated carbocycles. The van der Waals surface area contributed by atoms with Crippen LogP contribution < -0.4 is 10.1 Å². The Morgan fingerprint density at radius 1 is 1.05 bits per heavy atom. The number of amides is 1. The van der Waals surface area contributed by atoms with Crippen LogP contribution in [0, 0.1) is 18.6 Å². The molecule has 1 aliphatic rings. The van der Waals surface area contributed by atoms with Gasteiger partial charge in [0.2, 0.25) is 0 Å². The van der Waals surface area contributed by atoms with Crippen LogP contribution in [-0.2, 0) is 6.42 Å². The Labute approximate surface area is 248 Å². The van der Waals surface area contributed by atoms with Gasteiger partial charge < -0.3 is 25.0 Å². The van der Waals surface area contributed by atoms with E-state index in [1.165, 1.54) is 24.4 Å². The minimum atomic E-state index is -0.659. The SMILES string of the molecule is Cc1ccc(F)c(CC(=O)c2ccc(F)c(Oc3ccnc(-c4cc(C(=O)NCCCN5CCC(O)CC5)c[nH]4)c3)c2)c1. The summed E-state index contributed by atoms with van der Waals surface area (Å²) in [5, 5.41) is 12.6. The number of piperidine rings is 1. The maximum Gasteiger partial charge on any atom is 0.252 e. The Balaban J connectivity index is 1.19. The van der Waals surface area contributed by atoms with Gasteiger partial charge in [-0.1, -0.05) is 17.7 Å². The van der Waals surface area contributed by atoms with E-state index >= 15 is 0 Å². The molecule has 4 aromatic rings. The van der Waals surface area contributed by atoms with Crippen molar-refractivity contribution in [2.45, 2.75) is 38.7 Å². The van der Waals surface area contributed by atoms with Crippen LogP contribution in [0.4, 0.5) is 8.78 Å². The normalized spacial score (nSPS) is 14.0. The van der Waals surface area contributed by atoms with Crippen molar-refractivity contribution in [1.29, 1.82) is 0 Å². The summed E-state index contributed by atoms with van der Waals surface area (Å²) < 4.78 is 34.6. The van der Waals surface area contributed by atoms with Crippen LogP contribution in [0.2, 0.25) is 0 Å². The summed E-state index contributed by atoms with van der Waals surface area (Å²) in [4.78, 5) is 35.2. The van der Waals surface area contributed by atoms with E-state index in [9.17, 15) is 23.5 Å². The molecule has 3 N–H and O–H groups in total.